The molecule has 2 rings (SSSR count). The topological polar surface area (TPSA) is 64.9 Å². The lowest BCUT2D eigenvalue weighted by Crippen LogP contribution is -2.41. The Bertz CT molecular complexity index is 323. The fourth-order valence-electron chi connectivity index (χ4n) is 2.45. The van der Waals surface area contributed by atoms with E-state index in [0.717, 1.165) is 12.8 Å². The number of nitrogens with zero attached hydrogens (tertiary/aromatic N) is 2. The minimum absolute atomic E-state index is 0.341. The lowest BCUT2D eigenvalue weighted by Gasteiger charge is -2.26. The molecule has 78 valence electrons. The van der Waals surface area contributed by atoms with Gasteiger partial charge in [-0.3, -0.25) is 0 Å². The molecule has 1 saturated carbocycles. The van der Waals surface area contributed by atoms with Gasteiger partial charge in [0.05, 0.1) is 5.54 Å². The first-order valence-corrected chi connectivity index (χ1v) is 5.26. The standard InChI is InChI=1S/C10H17N3O/c1-3-8-5-4-6-10(8,11)9-12-7(2)14-13-9/h8H,3-6,11H2,1-2H3. The Balaban J connectivity index is 2.31. The quantitative estimate of drug-likeness (QED) is 0.780. The summed E-state index contributed by atoms with van der Waals surface area (Å²) in [4.78, 5) is 4.26. The molecule has 0 aliphatic heterocycles. The number of rotatable bonds is 2. The van der Waals surface area contributed by atoms with Gasteiger partial charge in [0.1, 0.15) is 0 Å². The van der Waals surface area contributed by atoms with Crippen molar-refractivity contribution in [3.8, 4) is 0 Å². The number of hydrogen-bond donors (Lipinski definition) is 1. The summed E-state index contributed by atoms with van der Waals surface area (Å²) in [6.45, 7) is 3.97. The average Bonchev–Trinajstić information content (AvgIpc) is 2.72. The summed E-state index contributed by atoms with van der Waals surface area (Å²) in [6, 6.07) is 0. The van der Waals surface area contributed by atoms with E-state index < -0.39 is 0 Å². The molecule has 0 saturated heterocycles. The van der Waals surface area contributed by atoms with Crippen LogP contribution in [0.5, 0.6) is 0 Å². The van der Waals surface area contributed by atoms with E-state index in [-0.39, 0.29) is 5.54 Å². The van der Waals surface area contributed by atoms with Gasteiger partial charge >= 0.3 is 0 Å². The van der Waals surface area contributed by atoms with Crippen LogP contribution in [0.2, 0.25) is 0 Å². The zero-order valence-electron chi connectivity index (χ0n) is 8.79. The third kappa shape index (κ3) is 1.34. The maximum Gasteiger partial charge on any atom is 0.223 e. The highest BCUT2D eigenvalue weighted by molar-refractivity contribution is 5.09. The predicted molar refractivity (Wildman–Crippen MR) is 52.5 cm³/mol. The van der Waals surface area contributed by atoms with E-state index in [2.05, 4.69) is 17.1 Å². The molecule has 2 atom stereocenters. The van der Waals surface area contributed by atoms with Crippen LogP contribution >= 0.6 is 0 Å². The van der Waals surface area contributed by atoms with Gasteiger partial charge in [0.25, 0.3) is 0 Å². The van der Waals surface area contributed by atoms with Crippen molar-refractivity contribution in [2.24, 2.45) is 11.7 Å². The van der Waals surface area contributed by atoms with E-state index in [1.54, 1.807) is 6.92 Å². The summed E-state index contributed by atoms with van der Waals surface area (Å²) in [5.41, 5.74) is 6.02. The highest BCUT2D eigenvalue weighted by Gasteiger charge is 2.43. The number of aromatic nitrogens is 2. The summed E-state index contributed by atoms with van der Waals surface area (Å²) in [5.74, 6) is 1.80. The molecule has 4 nitrogen and oxygen atoms in total. The minimum atomic E-state index is -0.341. The molecule has 1 aliphatic carbocycles. The van der Waals surface area contributed by atoms with Crippen molar-refractivity contribution >= 4 is 0 Å². The molecule has 0 aromatic carbocycles. The van der Waals surface area contributed by atoms with Gasteiger partial charge in [-0.1, -0.05) is 24.9 Å². The van der Waals surface area contributed by atoms with Crippen LogP contribution in [0.3, 0.4) is 0 Å². The van der Waals surface area contributed by atoms with E-state index in [0.29, 0.717) is 17.6 Å². The SMILES string of the molecule is CCC1CCCC1(N)c1noc(C)n1. The van der Waals surface area contributed by atoms with Gasteiger partial charge < -0.3 is 10.3 Å². The average molecular weight is 195 g/mol. The summed E-state index contributed by atoms with van der Waals surface area (Å²) >= 11 is 0. The van der Waals surface area contributed by atoms with Crippen LogP contribution in [0.1, 0.15) is 44.3 Å². The van der Waals surface area contributed by atoms with Crippen molar-refractivity contribution < 1.29 is 4.52 Å². The highest BCUT2D eigenvalue weighted by Crippen LogP contribution is 2.41. The lowest BCUT2D eigenvalue weighted by molar-refractivity contribution is 0.282. The van der Waals surface area contributed by atoms with E-state index in [9.17, 15) is 0 Å². The first-order chi connectivity index (χ1) is 6.66. The molecule has 1 heterocycles. The van der Waals surface area contributed by atoms with Gasteiger partial charge in [0.2, 0.25) is 5.89 Å². The normalized spacial score (nSPS) is 32.4. The van der Waals surface area contributed by atoms with Crippen LogP contribution < -0.4 is 5.73 Å². The molecule has 2 N–H and O–H groups in total. The fraction of sp³-hybridized carbons (Fsp3) is 0.800. The van der Waals surface area contributed by atoms with Gasteiger partial charge in [0, 0.05) is 6.92 Å². The van der Waals surface area contributed by atoms with Gasteiger partial charge in [-0.2, -0.15) is 4.98 Å². The molecule has 4 heteroatoms. The van der Waals surface area contributed by atoms with E-state index in [1.807, 2.05) is 0 Å². The molecule has 0 amide bonds. The van der Waals surface area contributed by atoms with Crippen molar-refractivity contribution in [2.45, 2.75) is 45.1 Å². The first-order valence-electron chi connectivity index (χ1n) is 5.26. The first kappa shape index (κ1) is 9.65. The molecule has 14 heavy (non-hydrogen) atoms. The summed E-state index contributed by atoms with van der Waals surface area (Å²) in [6.07, 6.45) is 4.41. The monoisotopic (exact) mass is 195 g/mol. The van der Waals surface area contributed by atoms with E-state index >= 15 is 0 Å². The summed E-state index contributed by atoms with van der Waals surface area (Å²) in [7, 11) is 0. The second-order valence-corrected chi connectivity index (χ2v) is 4.17. The second-order valence-electron chi connectivity index (χ2n) is 4.17. The molecular formula is C10H17N3O. The smallest absolute Gasteiger partial charge is 0.223 e. The Morgan fingerprint density at radius 2 is 2.43 bits per heavy atom. The molecule has 1 aromatic heterocycles. The van der Waals surface area contributed by atoms with Crippen LogP contribution in [0.25, 0.3) is 0 Å². The summed E-state index contributed by atoms with van der Waals surface area (Å²) < 4.78 is 4.99. The number of nitrogens with two attached hydrogens (primary N) is 1. The highest BCUT2D eigenvalue weighted by atomic mass is 16.5. The summed E-state index contributed by atoms with van der Waals surface area (Å²) in [5, 5.41) is 3.96. The van der Waals surface area contributed by atoms with Gasteiger partial charge in [-0.25, -0.2) is 0 Å². The van der Waals surface area contributed by atoms with Gasteiger partial charge in [0.15, 0.2) is 5.82 Å². The van der Waals surface area contributed by atoms with Crippen molar-refractivity contribution in [2.75, 3.05) is 0 Å². The molecule has 0 radical (unpaired) electrons. The maximum atomic E-state index is 6.36. The Kier molecular flexibility index (Phi) is 2.31. The molecule has 1 aliphatic rings. The van der Waals surface area contributed by atoms with Crippen molar-refractivity contribution in [3.05, 3.63) is 11.7 Å². The van der Waals surface area contributed by atoms with Crippen molar-refractivity contribution in [1.82, 2.24) is 10.1 Å². The number of hydrogen-bond acceptors (Lipinski definition) is 4. The van der Waals surface area contributed by atoms with Crippen molar-refractivity contribution in [1.29, 1.82) is 0 Å². The molecule has 1 aromatic rings. The van der Waals surface area contributed by atoms with Crippen LogP contribution in [-0.4, -0.2) is 10.1 Å². The Hall–Kier alpha value is -0.900. The minimum Gasteiger partial charge on any atom is -0.340 e. The maximum absolute atomic E-state index is 6.36. The second kappa shape index (κ2) is 3.35. The van der Waals surface area contributed by atoms with E-state index in [1.165, 1.54) is 12.8 Å². The Labute approximate surface area is 83.9 Å². The van der Waals surface area contributed by atoms with Crippen LogP contribution in [0.4, 0.5) is 0 Å². The van der Waals surface area contributed by atoms with Crippen molar-refractivity contribution in [3.63, 3.8) is 0 Å². The largest absolute Gasteiger partial charge is 0.340 e. The fourth-order valence-corrected chi connectivity index (χ4v) is 2.45. The zero-order chi connectivity index (χ0) is 10.2. The third-order valence-corrected chi connectivity index (χ3v) is 3.31. The van der Waals surface area contributed by atoms with E-state index in [4.69, 9.17) is 10.3 Å². The van der Waals surface area contributed by atoms with Gasteiger partial charge in [-0.05, 0) is 18.8 Å². The Morgan fingerprint density at radius 1 is 1.64 bits per heavy atom. The van der Waals surface area contributed by atoms with Crippen LogP contribution in [0, 0.1) is 12.8 Å². The van der Waals surface area contributed by atoms with Crippen LogP contribution in [-0.2, 0) is 5.54 Å². The molecular weight excluding hydrogens is 178 g/mol. The lowest BCUT2D eigenvalue weighted by atomic mass is 9.85. The molecule has 0 spiro atoms. The molecule has 2 unspecified atom stereocenters. The van der Waals surface area contributed by atoms with Crippen LogP contribution in [0.15, 0.2) is 4.52 Å². The zero-order valence-corrected chi connectivity index (χ0v) is 8.79. The Morgan fingerprint density at radius 3 is 3.00 bits per heavy atom. The predicted octanol–water partition coefficient (Wildman–Crippen LogP) is 1.74. The molecule has 1 fully saturated rings. The van der Waals surface area contributed by atoms with Gasteiger partial charge in [-0.15, -0.1) is 0 Å². The third-order valence-electron chi connectivity index (χ3n) is 3.31. The number of aryl methyl sites for hydroxylation is 1. The molecule has 0 bridgehead atoms.